The summed E-state index contributed by atoms with van der Waals surface area (Å²) in [6, 6.07) is 6.03. The average Bonchev–Trinajstić information content (AvgIpc) is 2.34. The van der Waals surface area contributed by atoms with Crippen LogP contribution in [0.2, 0.25) is 0 Å². The zero-order valence-corrected chi connectivity index (χ0v) is 13.1. The molecule has 0 radical (unpaired) electrons. The molecular weight excluding hydrogens is 312 g/mol. The van der Waals surface area contributed by atoms with Crippen LogP contribution in [0.25, 0.3) is 0 Å². The molecule has 1 atom stereocenters. The molecule has 1 aromatic rings. The number of nitrogens with two attached hydrogens (primary N) is 1. The van der Waals surface area contributed by atoms with Crippen LogP contribution >= 0.6 is 27.7 Å². The standard InChI is InChI=1S/C13H19BrN2OS/c1-3-6-16-13(17)8-18-12-5-4-10(9(2)15)7-11(12)14/h4-5,7,9H,3,6,8,15H2,1-2H3,(H,16,17)/t9-/m1/s1. The first kappa shape index (κ1) is 15.5. The molecule has 0 bridgehead atoms. The molecular formula is C13H19BrN2OS. The first-order valence-electron chi connectivity index (χ1n) is 5.99. The van der Waals surface area contributed by atoms with Crippen LogP contribution in [0, 0.1) is 0 Å². The second-order valence-corrected chi connectivity index (χ2v) is 5.99. The Bertz CT molecular complexity index is 410. The molecule has 0 unspecified atom stereocenters. The van der Waals surface area contributed by atoms with Crippen molar-refractivity contribution in [1.82, 2.24) is 5.32 Å². The summed E-state index contributed by atoms with van der Waals surface area (Å²) < 4.78 is 0.991. The van der Waals surface area contributed by atoms with Crippen molar-refractivity contribution < 1.29 is 4.79 Å². The fourth-order valence-electron chi connectivity index (χ4n) is 1.38. The topological polar surface area (TPSA) is 55.1 Å². The van der Waals surface area contributed by atoms with Crippen LogP contribution in [0.15, 0.2) is 27.6 Å². The Balaban J connectivity index is 2.55. The molecule has 3 N–H and O–H groups in total. The molecule has 0 aliphatic heterocycles. The SMILES string of the molecule is CCCNC(=O)CSc1ccc([C@@H](C)N)cc1Br. The van der Waals surface area contributed by atoms with E-state index in [1.165, 1.54) is 11.8 Å². The molecule has 0 spiro atoms. The van der Waals surface area contributed by atoms with Gasteiger partial charge in [-0.1, -0.05) is 13.0 Å². The number of amides is 1. The van der Waals surface area contributed by atoms with Gasteiger partial charge in [0.15, 0.2) is 0 Å². The first-order valence-corrected chi connectivity index (χ1v) is 7.77. The summed E-state index contributed by atoms with van der Waals surface area (Å²) >= 11 is 5.04. The van der Waals surface area contributed by atoms with E-state index in [1.807, 2.05) is 32.0 Å². The van der Waals surface area contributed by atoms with Gasteiger partial charge in [-0.25, -0.2) is 0 Å². The van der Waals surface area contributed by atoms with Gasteiger partial charge in [0.1, 0.15) is 0 Å². The molecule has 3 nitrogen and oxygen atoms in total. The minimum Gasteiger partial charge on any atom is -0.355 e. The van der Waals surface area contributed by atoms with Gasteiger partial charge in [0.05, 0.1) is 5.75 Å². The number of carbonyl (C=O) groups excluding carboxylic acids is 1. The molecule has 1 aromatic carbocycles. The molecule has 18 heavy (non-hydrogen) atoms. The number of benzene rings is 1. The number of thioether (sulfide) groups is 1. The Labute approximate surface area is 121 Å². The molecule has 0 saturated heterocycles. The minimum atomic E-state index is 0.0215. The maximum absolute atomic E-state index is 11.5. The number of hydrogen-bond donors (Lipinski definition) is 2. The summed E-state index contributed by atoms with van der Waals surface area (Å²) in [7, 11) is 0. The first-order chi connectivity index (χ1) is 8.54. The van der Waals surface area contributed by atoms with Crippen LogP contribution in [-0.2, 0) is 4.79 Å². The molecule has 0 aliphatic rings. The highest BCUT2D eigenvalue weighted by Gasteiger charge is 2.07. The van der Waals surface area contributed by atoms with Gasteiger partial charge in [-0.15, -0.1) is 11.8 Å². The number of nitrogens with one attached hydrogen (secondary N) is 1. The van der Waals surface area contributed by atoms with E-state index in [4.69, 9.17) is 5.73 Å². The van der Waals surface area contributed by atoms with Crippen molar-refractivity contribution in [3.05, 3.63) is 28.2 Å². The average molecular weight is 331 g/mol. The second kappa shape index (κ2) is 7.81. The lowest BCUT2D eigenvalue weighted by Crippen LogP contribution is -2.25. The Kier molecular flexibility index (Phi) is 6.75. The third kappa shape index (κ3) is 5.00. The van der Waals surface area contributed by atoms with Crippen LogP contribution < -0.4 is 11.1 Å². The maximum atomic E-state index is 11.5. The summed E-state index contributed by atoms with van der Waals surface area (Å²) in [6.07, 6.45) is 0.961. The molecule has 1 rings (SSSR count). The predicted octanol–water partition coefficient (Wildman–Crippen LogP) is 3.09. The molecule has 0 heterocycles. The van der Waals surface area contributed by atoms with Crippen molar-refractivity contribution in [2.75, 3.05) is 12.3 Å². The Morgan fingerprint density at radius 3 is 2.83 bits per heavy atom. The quantitative estimate of drug-likeness (QED) is 0.788. The van der Waals surface area contributed by atoms with Gasteiger partial charge in [0.2, 0.25) is 5.91 Å². The van der Waals surface area contributed by atoms with E-state index in [-0.39, 0.29) is 11.9 Å². The molecule has 0 fully saturated rings. The Morgan fingerprint density at radius 1 is 1.56 bits per heavy atom. The molecule has 0 aliphatic carbocycles. The number of carbonyl (C=O) groups is 1. The van der Waals surface area contributed by atoms with Gasteiger partial charge >= 0.3 is 0 Å². The van der Waals surface area contributed by atoms with Gasteiger partial charge in [-0.05, 0) is 47.0 Å². The zero-order valence-electron chi connectivity index (χ0n) is 10.7. The van der Waals surface area contributed by atoms with Crippen LogP contribution in [-0.4, -0.2) is 18.2 Å². The largest absolute Gasteiger partial charge is 0.355 e. The van der Waals surface area contributed by atoms with Crippen molar-refractivity contribution >= 4 is 33.6 Å². The van der Waals surface area contributed by atoms with Crippen molar-refractivity contribution in [1.29, 1.82) is 0 Å². The zero-order chi connectivity index (χ0) is 13.5. The highest BCUT2D eigenvalue weighted by Crippen LogP contribution is 2.29. The van der Waals surface area contributed by atoms with Crippen LogP contribution in [0.1, 0.15) is 31.9 Å². The lowest BCUT2D eigenvalue weighted by Gasteiger charge is -2.09. The lowest BCUT2D eigenvalue weighted by molar-refractivity contribution is -0.118. The summed E-state index contributed by atoms with van der Waals surface area (Å²) in [4.78, 5) is 12.6. The third-order valence-electron chi connectivity index (χ3n) is 2.41. The molecule has 1 amide bonds. The van der Waals surface area contributed by atoms with Crippen LogP contribution in [0.4, 0.5) is 0 Å². The smallest absolute Gasteiger partial charge is 0.230 e. The fourth-order valence-corrected chi connectivity index (χ4v) is 2.87. The molecule has 0 saturated carbocycles. The summed E-state index contributed by atoms with van der Waals surface area (Å²) in [5.41, 5.74) is 6.90. The predicted molar refractivity (Wildman–Crippen MR) is 80.8 cm³/mol. The summed E-state index contributed by atoms with van der Waals surface area (Å²) in [6.45, 7) is 4.73. The lowest BCUT2D eigenvalue weighted by atomic mass is 10.1. The van der Waals surface area contributed by atoms with E-state index >= 15 is 0 Å². The molecule has 100 valence electrons. The van der Waals surface area contributed by atoms with Gasteiger partial charge in [0.25, 0.3) is 0 Å². The summed E-state index contributed by atoms with van der Waals surface area (Å²) in [5.74, 6) is 0.515. The van der Waals surface area contributed by atoms with Crippen molar-refractivity contribution in [3.8, 4) is 0 Å². The highest BCUT2D eigenvalue weighted by atomic mass is 79.9. The Hall–Kier alpha value is -0.520. The van der Waals surface area contributed by atoms with Crippen molar-refractivity contribution in [2.45, 2.75) is 31.2 Å². The van der Waals surface area contributed by atoms with Crippen LogP contribution in [0.3, 0.4) is 0 Å². The normalized spacial score (nSPS) is 12.2. The number of halogens is 1. The van der Waals surface area contributed by atoms with E-state index < -0.39 is 0 Å². The van der Waals surface area contributed by atoms with Gasteiger partial charge < -0.3 is 11.1 Å². The maximum Gasteiger partial charge on any atom is 0.230 e. The van der Waals surface area contributed by atoms with E-state index in [2.05, 4.69) is 21.2 Å². The second-order valence-electron chi connectivity index (χ2n) is 4.12. The van der Waals surface area contributed by atoms with E-state index in [0.717, 1.165) is 27.9 Å². The highest BCUT2D eigenvalue weighted by molar-refractivity contribution is 9.10. The van der Waals surface area contributed by atoms with Crippen LogP contribution in [0.5, 0.6) is 0 Å². The Morgan fingerprint density at radius 2 is 2.28 bits per heavy atom. The van der Waals surface area contributed by atoms with Crippen molar-refractivity contribution in [3.63, 3.8) is 0 Å². The van der Waals surface area contributed by atoms with E-state index in [9.17, 15) is 4.79 Å². The minimum absolute atomic E-state index is 0.0215. The fraction of sp³-hybridized carbons (Fsp3) is 0.462. The third-order valence-corrected chi connectivity index (χ3v) is 4.40. The van der Waals surface area contributed by atoms with Gasteiger partial charge in [0, 0.05) is 22.0 Å². The molecule has 5 heteroatoms. The number of hydrogen-bond acceptors (Lipinski definition) is 3. The van der Waals surface area contributed by atoms with Gasteiger partial charge in [-0.2, -0.15) is 0 Å². The van der Waals surface area contributed by atoms with E-state index in [0.29, 0.717) is 5.75 Å². The number of rotatable bonds is 6. The summed E-state index contributed by atoms with van der Waals surface area (Å²) in [5, 5.41) is 2.86. The van der Waals surface area contributed by atoms with E-state index in [1.54, 1.807) is 0 Å². The molecule has 0 aromatic heterocycles. The van der Waals surface area contributed by atoms with Gasteiger partial charge in [-0.3, -0.25) is 4.79 Å². The van der Waals surface area contributed by atoms with Crippen molar-refractivity contribution in [2.24, 2.45) is 5.73 Å². The monoisotopic (exact) mass is 330 g/mol.